The average Bonchev–Trinajstić information content (AvgIpc) is 2.83. The van der Waals surface area contributed by atoms with Gasteiger partial charge >= 0.3 is 0 Å². The van der Waals surface area contributed by atoms with E-state index in [9.17, 15) is 9.59 Å². The molecule has 0 aliphatic carbocycles. The Morgan fingerprint density at radius 3 is 2.62 bits per heavy atom. The molecule has 1 aliphatic rings. The summed E-state index contributed by atoms with van der Waals surface area (Å²) in [6.07, 6.45) is 0.931. The van der Waals surface area contributed by atoms with E-state index in [2.05, 4.69) is 5.32 Å². The van der Waals surface area contributed by atoms with Crippen molar-refractivity contribution in [2.75, 3.05) is 10.2 Å². The lowest BCUT2D eigenvalue weighted by atomic mass is 10.1. The van der Waals surface area contributed by atoms with Crippen molar-refractivity contribution in [2.45, 2.75) is 25.8 Å². The molecule has 2 aromatic carbocycles. The molecule has 1 aliphatic heterocycles. The van der Waals surface area contributed by atoms with Gasteiger partial charge < -0.3 is 5.32 Å². The maximum Gasteiger partial charge on any atom is 0.256 e. The topological polar surface area (TPSA) is 49.4 Å². The van der Waals surface area contributed by atoms with Crippen LogP contribution in [-0.4, -0.2) is 17.9 Å². The molecule has 2 aromatic rings. The van der Waals surface area contributed by atoms with E-state index in [4.69, 9.17) is 23.2 Å². The summed E-state index contributed by atoms with van der Waals surface area (Å²) >= 11 is 12.0. The van der Waals surface area contributed by atoms with Crippen LogP contribution in [0.25, 0.3) is 0 Å². The summed E-state index contributed by atoms with van der Waals surface area (Å²) in [6, 6.07) is 11.9. The first-order valence-electron chi connectivity index (χ1n) is 7.67. The van der Waals surface area contributed by atoms with Crippen molar-refractivity contribution < 1.29 is 9.59 Å². The predicted octanol–water partition coefficient (Wildman–Crippen LogP) is 4.30. The number of carbonyl (C=O) groups excluding carboxylic acids is 2. The van der Waals surface area contributed by atoms with Crippen molar-refractivity contribution in [1.29, 1.82) is 0 Å². The molecule has 6 heteroatoms. The summed E-state index contributed by atoms with van der Waals surface area (Å²) in [5, 5.41) is 3.92. The quantitative estimate of drug-likeness (QED) is 0.824. The molecule has 4 nitrogen and oxygen atoms in total. The number of halogens is 2. The van der Waals surface area contributed by atoms with Crippen LogP contribution in [0.15, 0.2) is 42.5 Å². The molecule has 1 N–H and O–H groups in total. The molecule has 0 radical (unpaired) electrons. The molecule has 0 bridgehead atoms. The Hall–Kier alpha value is -2.04. The zero-order valence-electron chi connectivity index (χ0n) is 13.1. The van der Waals surface area contributed by atoms with Gasteiger partial charge in [-0.05, 0) is 36.2 Å². The van der Waals surface area contributed by atoms with E-state index in [1.165, 1.54) is 6.07 Å². The highest BCUT2D eigenvalue weighted by Gasteiger charge is 2.40. The molecule has 1 heterocycles. The van der Waals surface area contributed by atoms with Gasteiger partial charge in [0.15, 0.2) is 0 Å². The predicted molar refractivity (Wildman–Crippen MR) is 96.8 cm³/mol. The number of benzene rings is 2. The number of amides is 2. The Balaban J connectivity index is 1.86. The van der Waals surface area contributed by atoms with Gasteiger partial charge in [-0.25, -0.2) is 4.90 Å². The Kier molecular flexibility index (Phi) is 4.78. The number of hydrogen-bond acceptors (Lipinski definition) is 3. The van der Waals surface area contributed by atoms with Crippen molar-refractivity contribution in [2.24, 2.45) is 0 Å². The highest BCUT2D eigenvalue weighted by atomic mass is 35.5. The van der Waals surface area contributed by atoms with Gasteiger partial charge in [-0.2, -0.15) is 0 Å². The second-order valence-corrected chi connectivity index (χ2v) is 6.42. The zero-order valence-corrected chi connectivity index (χ0v) is 14.6. The van der Waals surface area contributed by atoms with E-state index in [-0.39, 0.29) is 23.3 Å². The number of hydrogen-bond donors (Lipinski definition) is 1. The minimum atomic E-state index is -0.600. The molecule has 1 atom stereocenters. The van der Waals surface area contributed by atoms with E-state index in [1.807, 2.05) is 31.2 Å². The summed E-state index contributed by atoms with van der Waals surface area (Å²) in [5.41, 5.74) is 2.33. The average molecular weight is 363 g/mol. The number of nitrogens with zero attached hydrogens (tertiary/aromatic N) is 1. The summed E-state index contributed by atoms with van der Waals surface area (Å²) in [6.45, 7) is 2.04. The molecule has 24 heavy (non-hydrogen) atoms. The standard InChI is InChI=1S/C18H16Cl2N2O2/c1-2-11-5-3-4-6-14(11)21-15-10-17(23)22(18(15)24)16-8-7-12(19)9-13(16)20/h3-9,15,21H,2,10H2,1H3/t15-/m1/s1. The largest absolute Gasteiger partial charge is 0.373 e. The molecule has 1 saturated heterocycles. The van der Waals surface area contributed by atoms with Crippen molar-refractivity contribution in [3.05, 3.63) is 58.1 Å². The zero-order chi connectivity index (χ0) is 17.3. The molecule has 0 aromatic heterocycles. The highest BCUT2D eigenvalue weighted by molar-refractivity contribution is 6.38. The maximum atomic E-state index is 12.7. The van der Waals surface area contributed by atoms with Crippen molar-refractivity contribution in [3.63, 3.8) is 0 Å². The van der Waals surface area contributed by atoms with Gasteiger partial charge in [-0.3, -0.25) is 9.59 Å². The van der Waals surface area contributed by atoms with Crippen LogP contribution in [0, 0.1) is 0 Å². The molecule has 3 rings (SSSR count). The second kappa shape index (κ2) is 6.83. The first-order chi connectivity index (χ1) is 11.5. The third-order valence-electron chi connectivity index (χ3n) is 4.03. The Bertz CT molecular complexity index is 807. The van der Waals surface area contributed by atoms with Crippen LogP contribution < -0.4 is 10.2 Å². The van der Waals surface area contributed by atoms with Gasteiger partial charge in [-0.1, -0.05) is 48.3 Å². The number of nitrogens with one attached hydrogen (secondary N) is 1. The first-order valence-corrected chi connectivity index (χ1v) is 8.43. The number of carbonyl (C=O) groups is 2. The van der Waals surface area contributed by atoms with Crippen LogP contribution in [0.5, 0.6) is 0 Å². The maximum absolute atomic E-state index is 12.7. The van der Waals surface area contributed by atoms with Crippen LogP contribution in [0.3, 0.4) is 0 Å². The second-order valence-electron chi connectivity index (χ2n) is 5.57. The van der Waals surface area contributed by atoms with E-state index in [0.717, 1.165) is 22.6 Å². The first kappa shape index (κ1) is 16.8. The molecule has 124 valence electrons. The number of aryl methyl sites for hydroxylation is 1. The van der Waals surface area contributed by atoms with Crippen LogP contribution in [0.4, 0.5) is 11.4 Å². The minimum Gasteiger partial charge on any atom is -0.373 e. The number of rotatable bonds is 4. The highest BCUT2D eigenvalue weighted by Crippen LogP contribution is 2.33. The van der Waals surface area contributed by atoms with Crippen LogP contribution in [0.1, 0.15) is 18.9 Å². The van der Waals surface area contributed by atoms with Gasteiger partial charge in [0.05, 0.1) is 17.1 Å². The normalized spacial score (nSPS) is 17.5. The van der Waals surface area contributed by atoms with Crippen molar-refractivity contribution in [3.8, 4) is 0 Å². The van der Waals surface area contributed by atoms with Gasteiger partial charge in [-0.15, -0.1) is 0 Å². The van der Waals surface area contributed by atoms with Crippen molar-refractivity contribution in [1.82, 2.24) is 0 Å². The van der Waals surface area contributed by atoms with Crippen LogP contribution in [0.2, 0.25) is 10.0 Å². The summed E-state index contributed by atoms with van der Waals surface area (Å²) < 4.78 is 0. The van der Waals surface area contributed by atoms with Crippen molar-refractivity contribution >= 4 is 46.4 Å². The number of anilines is 2. The lowest BCUT2D eigenvalue weighted by Crippen LogP contribution is -2.35. The Morgan fingerprint density at radius 2 is 1.92 bits per heavy atom. The summed E-state index contributed by atoms with van der Waals surface area (Å²) in [7, 11) is 0. The third-order valence-corrected chi connectivity index (χ3v) is 4.56. The molecule has 0 saturated carbocycles. The van der Waals surface area contributed by atoms with Gasteiger partial charge in [0.1, 0.15) is 6.04 Å². The Morgan fingerprint density at radius 1 is 1.17 bits per heavy atom. The summed E-state index contributed by atoms with van der Waals surface area (Å²) in [5.74, 6) is -0.592. The lowest BCUT2D eigenvalue weighted by molar-refractivity contribution is -0.121. The molecule has 1 fully saturated rings. The van der Waals surface area contributed by atoms with E-state index < -0.39 is 6.04 Å². The third kappa shape index (κ3) is 3.12. The Labute approximate surface area is 150 Å². The van der Waals surface area contributed by atoms with Crippen LogP contribution >= 0.6 is 23.2 Å². The molecule has 2 amide bonds. The number of para-hydroxylation sites is 1. The SMILES string of the molecule is CCc1ccccc1N[C@@H]1CC(=O)N(c2ccc(Cl)cc2Cl)C1=O. The molecular weight excluding hydrogens is 347 g/mol. The lowest BCUT2D eigenvalue weighted by Gasteiger charge is -2.18. The van der Waals surface area contributed by atoms with E-state index >= 15 is 0 Å². The fourth-order valence-corrected chi connectivity index (χ4v) is 3.31. The van der Waals surface area contributed by atoms with E-state index in [1.54, 1.807) is 12.1 Å². The van der Waals surface area contributed by atoms with Gasteiger partial charge in [0.25, 0.3) is 5.91 Å². The molecule has 0 spiro atoms. The van der Waals surface area contributed by atoms with E-state index in [0.29, 0.717) is 10.7 Å². The monoisotopic (exact) mass is 362 g/mol. The fraction of sp³-hybridized carbons (Fsp3) is 0.222. The molecular formula is C18H16Cl2N2O2. The molecule has 0 unspecified atom stereocenters. The smallest absolute Gasteiger partial charge is 0.256 e. The summed E-state index contributed by atoms with van der Waals surface area (Å²) in [4.78, 5) is 26.2. The fourth-order valence-electron chi connectivity index (χ4n) is 2.82. The number of imide groups is 1. The van der Waals surface area contributed by atoms with Gasteiger partial charge in [0, 0.05) is 10.7 Å². The van der Waals surface area contributed by atoms with Crippen LogP contribution in [-0.2, 0) is 16.0 Å². The van der Waals surface area contributed by atoms with Gasteiger partial charge in [0.2, 0.25) is 5.91 Å². The minimum absolute atomic E-state index is 0.0931.